The van der Waals surface area contributed by atoms with E-state index in [9.17, 15) is 0 Å². The van der Waals surface area contributed by atoms with Crippen LogP contribution in [-0.2, 0) is 4.74 Å². The lowest BCUT2D eigenvalue weighted by Crippen LogP contribution is -2.33. The molecule has 16 heavy (non-hydrogen) atoms. The van der Waals surface area contributed by atoms with Gasteiger partial charge in [-0.2, -0.15) is 0 Å². The number of hydrogen-bond donors (Lipinski definition) is 1. The second-order valence-corrected chi connectivity index (χ2v) is 5.14. The van der Waals surface area contributed by atoms with Crippen LogP contribution in [0.15, 0.2) is 5.38 Å². The summed E-state index contributed by atoms with van der Waals surface area (Å²) in [7, 11) is 1.73. The number of nitrogens with zero attached hydrogens (tertiary/aromatic N) is 2. The Morgan fingerprint density at radius 2 is 2.50 bits per heavy atom. The summed E-state index contributed by atoms with van der Waals surface area (Å²) in [6, 6.07) is 0.497. The molecular formula is C11H19N3OS. The van der Waals surface area contributed by atoms with E-state index < -0.39 is 0 Å². The third-order valence-corrected chi connectivity index (χ3v) is 4.05. The van der Waals surface area contributed by atoms with Crippen LogP contribution in [-0.4, -0.2) is 42.7 Å². The second-order valence-electron chi connectivity index (χ2n) is 4.25. The molecule has 2 unspecified atom stereocenters. The minimum Gasteiger partial charge on any atom is -0.383 e. The lowest BCUT2D eigenvalue weighted by Gasteiger charge is -2.24. The average molecular weight is 241 g/mol. The SMILES string of the molecule is COCCN1CCC(N)C1c1nc(C)cs1. The van der Waals surface area contributed by atoms with Gasteiger partial charge in [-0.25, -0.2) is 4.98 Å². The van der Waals surface area contributed by atoms with Gasteiger partial charge in [0, 0.05) is 37.3 Å². The summed E-state index contributed by atoms with van der Waals surface area (Å²) in [4.78, 5) is 6.94. The number of hydrogen-bond acceptors (Lipinski definition) is 5. The summed E-state index contributed by atoms with van der Waals surface area (Å²) >= 11 is 1.71. The van der Waals surface area contributed by atoms with Crippen molar-refractivity contribution in [2.75, 3.05) is 26.8 Å². The zero-order valence-corrected chi connectivity index (χ0v) is 10.7. The lowest BCUT2D eigenvalue weighted by molar-refractivity contribution is 0.139. The number of aromatic nitrogens is 1. The van der Waals surface area contributed by atoms with Gasteiger partial charge in [-0.1, -0.05) is 0 Å². The van der Waals surface area contributed by atoms with Crippen LogP contribution in [0.4, 0.5) is 0 Å². The van der Waals surface area contributed by atoms with E-state index in [0.717, 1.165) is 36.8 Å². The van der Waals surface area contributed by atoms with Crippen LogP contribution in [0, 0.1) is 6.92 Å². The maximum atomic E-state index is 6.17. The molecule has 2 rings (SSSR count). The largest absolute Gasteiger partial charge is 0.383 e. The molecule has 1 aliphatic heterocycles. The lowest BCUT2D eigenvalue weighted by atomic mass is 10.1. The third kappa shape index (κ3) is 2.43. The van der Waals surface area contributed by atoms with E-state index in [0.29, 0.717) is 0 Å². The van der Waals surface area contributed by atoms with Gasteiger partial charge in [0.15, 0.2) is 0 Å². The highest BCUT2D eigenvalue weighted by molar-refractivity contribution is 7.09. The number of nitrogens with two attached hydrogens (primary N) is 1. The van der Waals surface area contributed by atoms with Gasteiger partial charge in [-0.3, -0.25) is 4.90 Å². The number of ether oxygens (including phenoxy) is 1. The monoisotopic (exact) mass is 241 g/mol. The Labute approximate surface area is 100 Å². The minimum atomic E-state index is 0.211. The second kappa shape index (κ2) is 5.23. The summed E-state index contributed by atoms with van der Waals surface area (Å²) in [5.41, 5.74) is 7.26. The highest BCUT2D eigenvalue weighted by Crippen LogP contribution is 2.32. The summed E-state index contributed by atoms with van der Waals surface area (Å²) in [5, 5.41) is 3.24. The Morgan fingerprint density at radius 3 is 3.12 bits per heavy atom. The van der Waals surface area contributed by atoms with E-state index in [1.807, 2.05) is 6.92 Å². The van der Waals surface area contributed by atoms with Gasteiger partial charge in [0.25, 0.3) is 0 Å². The van der Waals surface area contributed by atoms with Gasteiger partial charge < -0.3 is 10.5 Å². The van der Waals surface area contributed by atoms with Crippen molar-refractivity contribution in [1.29, 1.82) is 0 Å². The number of likely N-dealkylation sites (tertiary alicyclic amines) is 1. The average Bonchev–Trinajstić information content (AvgIpc) is 2.82. The number of thiazole rings is 1. The number of aryl methyl sites for hydroxylation is 1. The fourth-order valence-electron chi connectivity index (χ4n) is 2.19. The first-order valence-electron chi connectivity index (χ1n) is 5.63. The minimum absolute atomic E-state index is 0.211. The van der Waals surface area contributed by atoms with Gasteiger partial charge in [0.2, 0.25) is 0 Å². The molecule has 0 radical (unpaired) electrons. The van der Waals surface area contributed by atoms with Crippen LogP contribution in [0.5, 0.6) is 0 Å². The van der Waals surface area contributed by atoms with E-state index in [1.54, 1.807) is 18.4 Å². The number of rotatable bonds is 4. The third-order valence-electron chi connectivity index (χ3n) is 3.02. The maximum Gasteiger partial charge on any atom is 0.112 e. The molecule has 1 saturated heterocycles. The van der Waals surface area contributed by atoms with Crippen molar-refractivity contribution in [3.63, 3.8) is 0 Å². The molecular weight excluding hydrogens is 222 g/mol. The molecule has 4 nitrogen and oxygen atoms in total. The first kappa shape index (κ1) is 12.0. The first-order valence-corrected chi connectivity index (χ1v) is 6.51. The highest BCUT2D eigenvalue weighted by atomic mass is 32.1. The van der Waals surface area contributed by atoms with E-state index in [2.05, 4.69) is 15.3 Å². The van der Waals surface area contributed by atoms with Gasteiger partial charge in [-0.05, 0) is 13.3 Å². The Bertz CT molecular complexity index is 342. The van der Waals surface area contributed by atoms with Crippen LogP contribution < -0.4 is 5.73 Å². The summed E-state index contributed by atoms with van der Waals surface area (Å²) in [6.45, 7) is 4.77. The van der Waals surface area contributed by atoms with Crippen LogP contribution >= 0.6 is 11.3 Å². The number of methoxy groups -OCH3 is 1. The van der Waals surface area contributed by atoms with Crippen molar-refractivity contribution in [2.24, 2.45) is 5.73 Å². The van der Waals surface area contributed by atoms with Crippen LogP contribution in [0.3, 0.4) is 0 Å². The molecule has 0 bridgehead atoms. The van der Waals surface area contributed by atoms with Crippen molar-refractivity contribution in [3.05, 3.63) is 16.1 Å². The fraction of sp³-hybridized carbons (Fsp3) is 0.727. The van der Waals surface area contributed by atoms with Gasteiger partial charge in [0.1, 0.15) is 5.01 Å². The molecule has 5 heteroatoms. The van der Waals surface area contributed by atoms with Crippen molar-refractivity contribution in [1.82, 2.24) is 9.88 Å². The molecule has 2 N–H and O–H groups in total. The Balaban J connectivity index is 2.09. The fourth-order valence-corrected chi connectivity index (χ4v) is 3.19. The normalized spacial score (nSPS) is 26.4. The van der Waals surface area contributed by atoms with Crippen LogP contribution in [0.2, 0.25) is 0 Å². The molecule has 1 aromatic heterocycles. The standard InChI is InChI=1S/C11H19N3OS/c1-8-7-16-11(13-8)10-9(12)3-4-14(10)5-6-15-2/h7,9-10H,3-6,12H2,1-2H3. The highest BCUT2D eigenvalue weighted by Gasteiger charge is 2.34. The summed E-state index contributed by atoms with van der Waals surface area (Å²) in [5.74, 6) is 0. The molecule has 0 aromatic carbocycles. The van der Waals surface area contributed by atoms with E-state index >= 15 is 0 Å². The van der Waals surface area contributed by atoms with Crippen molar-refractivity contribution < 1.29 is 4.74 Å². The molecule has 1 aromatic rings. The molecule has 1 aliphatic rings. The molecule has 1 fully saturated rings. The molecule has 0 aliphatic carbocycles. The molecule has 2 atom stereocenters. The van der Waals surface area contributed by atoms with E-state index in [-0.39, 0.29) is 12.1 Å². The maximum absolute atomic E-state index is 6.17. The zero-order valence-electron chi connectivity index (χ0n) is 9.85. The Hall–Kier alpha value is -0.490. The van der Waals surface area contributed by atoms with Crippen molar-refractivity contribution in [2.45, 2.75) is 25.4 Å². The molecule has 90 valence electrons. The predicted octanol–water partition coefficient (Wildman–Crippen LogP) is 1.17. The first-order chi connectivity index (χ1) is 7.72. The molecule has 0 spiro atoms. The zero-order chi connectivity index (χ0) is 11.5. The Morgan fingerprint density at radius 1 is 1.69 bits per heavy atom. The molecule has 2 heterocycles. The Kier molecular flexibility index (Phi) is 3.91. The van der Waals surface area contributed by atoms with Crippen LogP contribution in [0.1, 0.15) is 23.2 Å². The smallest absolute Gasteiger partial charge is 0.112 e. The molecule has 0 saturated carbocycles. The van der Waals surface area contributed by atoms with Gasteiger partial charge >= 0.3 is 0 Å². The quantitative estimate of drug-likeness (QED) is 0.860. The van der Waals surface area contributed by atoms with Crippen molar-refractivity contribution in [3.8, 4) is 0 Å². The summed E-state index contributed by atoms with van der Waals surface area (Å²) in [6.07, 6.45) is 1.05. The predicted molar refractivity (Wildman–Crippen MR) is 65.6 cm³/mol. The molecule has 0 amide bonds. The topological polar surface area (TPSA) is 51.4 Å². The van der Waals surface area contributed by atoms with Crippen molar-refractivity contribution >= 4 is 11.3 Å². The van der Waals surface area contributed by atoms with Crippen LogP contribution in [0.25, 0.3) is 0 Å². The summed E-state index contributed by atoms with van der Waals surface area (Å²) < 4.78 is 5.13. The van der Waals surface area contributed by atoms with E-state index in [1.165, 1.54) is 0 Å². The van der Waals surface area contributed by atoms with Gasteiger partial charge in [0.05, 0.1) is 12.6 Å². The van der Waals surface area contributed by atoms with Gasteiger partial charge in [-0.15, -0.1) is 11.3 Å². The van der Waals surface area contributed by atoms with E-state index in [4.69, 9.17) is 10.5 Å².